The van der Waals surface area contributed by atoms with Crippen molar-refractivity contribution in [1.29, 1.82) is 0 Å². The molecule has 0 bridgehead atoms. The van der Waals surface area contributed by atoms with E-state index in [2.05, 4.69) is 17.9 Å². The second-order valence-electron chi connectivity index (χ2n) is 4.07. The first-order valence-corrected chi connectivity index (χ1v) is 5.16. The van der Waals surface area contributed by atoms with Crippen molar-refractivity contribution in [3.05, 3.63) is 24.3 Å². The maximum absolute atomic E-state index is 13.2. The number of hydrogen-bond donors (Lipinski definition) is 1. The molecule has 120 valence electrons. The highest BCUT2D eigenvalue weighted by Gasteiger charge is 2.75. The molecule has 0 aromatic heterocycles. The van der Waals surface area contributed by atoms with Gasteiger partial charge in [0.1, 0.15) is 0 Å². The van der Waals surface area contributed by atoms with Gasteiger partial charge >= 0.3 is 24.0 Å². The molecule has 10 heteroatoms. The van der Waals surface area contributed by atoms with E-state index in [0.29, 0.717) is 5.32 Å². The summed E-state index contributed by atoms with van der Waals surface area (Å²) in [4.78, 5) is 21.7. The number of hydrogen-bond acceptors (Lipinski definition) is 3. The molecule has 0 aromatic rings. The molecular formula is C11H11F6NO3. The largest absolute Gasteiger partial charge is 0.475 e. The van der Waals surface area contributed by atoms with Crippen LogP contribution in [0.5, 0.6) is 0 Å². The van der Waals surface area contributed by atoms with E-state index in [-0.39, 0.29) is 0 Å². The van der Waals surface area contributed by atoms with E-state index in [9.17, 15) is 35.9 Å². The topological polar surface area (TPSA) is 55.4 Å². The first-order valence-electron chi connectivity index (χ1n) is 5.16. The molecule has 0 atom stereocenters. The van der Waals surface area contributed by atoms with Gasteiger partial charge in [-0.15, -0.1) is 0 Å². The third kappa shape index (κ3) is 3.99. The third-order valence-corrected chi connectivity index (χ3v) is 1.99. The van der Waals surface area contributed by atoms with Crippen molar-refractivity contribution >= 4 is 11.9 Å². The highest BCUT2D eigenvalue weighted by atomic mass is 19.4. The van der Waals surface area contributed by atoms with Gasteiger partial charge in [-0.2, -0.15) is 26.3 Å². The molecule has 21 heavy (non-hydrogen) atoms. The predicted molar refractivity (Wildman–Crippen MR) is 58.7 cm³/mol. The Balaban J connectivity index is 5.41. The first-order chi connectivity index (χ1) is 9.15. The fourth-order valence-corrected chi connectivity index (χ4v) is 0.778. The highest BCUT2D eigenvalue weighted by molar-refractivity contribution is 5.92. The Kier molecular flexibility index (Phi) is 5.23. The molecule has 1 amide bonds. The average Bonchev–Trinajstić information content (AvgIpc) is 2.26. The Bertz CT molecular complexity index is 444. The van der Waals surface area contributed by atoms with E-state index in [1.165, 1.54) is 0 Å². The summed E-state index contributed by atoms with van der Waals surface area (Å²) in [6, 6.07) is -5.69. The fourth-order valence-electron chi connectivity index (χ4n) is 0.778. The van der Waals surface area contributed by atoms with Crippen LogP contribution < -0.4 is 5.32 Å². The van der Waals surface area contributed by atoms with Crippen molar-refractivity contribution in [2.45, 2.75) is 31.9 Å². The number of amides is 1. The van der Waals surface area contributed by atoms with Crippen LogP contribution in [0, 0.1) is 0 Å². The summed E-state index contributed by atoms with van der Waals surface area (Å²) in [5, 5.41) is 0.389. The molecular weight excluding hydrogens is 308 g/mol. The number of halogens is 6. The summed E-state index contributed by atoms with van der Waals surface area (Å²) in [6.07, 6.45) is -5.88. The van der Waals surface area contributed by atoms with Crippen LogP contribution in [0.25, 0.3) is 0 Å². The molecule has 0 aliphatic heterocycles. The molecule has 1 N–H and O–H groups in total. The van der Waals surface area contributed by atoms with Gasteiger partial charge in [-0.25, -0.2) is 4.79 Å². The van der Waals surface area contributed by atoms with Gasteiger partial charge in [0.25, 0.3) is 5.91 Å². The Morgan fingerprint density at radius 1 is 0.952 bits per heavy atom. The molecule has 4 nitrogen and oxygen atoms in total. The van der Waals surface area contributed by atoms with Crippen LogP contribution in [0.1, 0.15) is 13.8 Å². The zero-order valence-electron chi connectivity index (χ0n) is 10.9. The van der Waals surface area contributed by atoms with E-state index >= 15 is 0 Å². The normalized spacial score (nSPS) is 12.6. The minimum Gasteiger partial charge on any atom is -0.392 e. The quantitative estimate of drug-likeness (QED) is 0.354. The van der Waals surface area contributed by atoms with E-state index in [1.54, 1.807) is 0 Å². The lowest BCUT2D eigenvalue weighted by molar-refractivity contribution is -0.387. The maximum atomic E-state index is 13.2. The number of nitrogens with one attached hydrogen (secondary N) is 1. The number of carbonyl (C=O) groups excluding carboxylic acids is 2. The van der Waals surface area contributed by atoms with Gasteiger partial charge < -0.3 is 4.74 Å². The Morgan fingerprint density at radius 3 is 1.71 bits per heavy atom. The molecule has 0 aliphatic carbocycles. The molecule has 0 saturated carbocycles. The molecule has 0 radical (unpaired) electrons. The molecule has 0 saturated heterocycles. The number of rotatable bonds is 6. The molecule has 0 aliphatic rings. The first kappa shape index (κ1) is 19.0. The molecule has 0 unspecified atom stereocenters. The maximum Gasteiger partial charge on any atom is 0.475 e. The number of esters is 1. The van der Waals surface area contributed by atoms with Crippen LogP contribution in [-0.2, 0) is 14.3 Å². The number of ether oxygens (including phenoxy) is 1. The van der Waals surface area contributed by atoms with E-state index in [1.807, 2.05) is 0 Å². The lowest BCUT2D eigenvalue weighted by Gasteiger charge is -2.31. The van der Waals surface area contributed by atoms with Crippen molar-refractivity contribution in [3.8, 4) is 0 Å². The summed E-state index contributed by atoms with van der Waals surface area (Å²) in [6.45, 7) is 7.45. The summed E-state index contributed by atoms with van der Waals surface area (Å²) in [5.41, 5.74) is -1.33. The predicted octanol–water partition coefficient (Wildman–Crippen LogP) is 2.62. The average molecular weight is 319 g/mol. The standard InChI is InChI=1S/C11H11F6NO3/c1-5(2)7(19)18-10(14,15)9(12,13)11(16,17)21-8(20)6(3)4/h1,3H2,2,4H3,(H,18,19). The van der Waals surface area contributed by atoms with Crippen molar-refractivity contribution < 1.29 is 40.7 Å². The van der Waals surface area contributed by atoms with Gasteiger partial charge in [0.2, 0.25) is 0 Å². The van der Waals surface area contributed by atoms with Crippen molar-refractivity contribution in [2.75, 3.05) is 0 Å². The van der Waals surface area contributed by atoms with Crippen LogP contribution in [0.3, 0.4) is 0 Å². The molecule has 0 heterocycles. The van der Waals surface area contributed by atoms with Crippen LogP contribution in [0.15, 0.2) is 24.3 Å². The summed E-state index contributed by atoms with van der Waals surface area (Å²) in [7, 11) is 0. The number of alkyl halides is 6. The van der Waals surface area contributed by atoms with Gasteiger partial charge in [-0.3, -0.25) is 10.1 Å². The molecule has 0 aromatic carbocycles. The van der Waals surface area contributed by atoms with Gasteiger partial charge in [0, 0.05) is 11.1 Å². The second kappa shape index (κ2) is 5.78. The Morgan fingerprint density at radius 2 is 1.38 bits per heavy atom. The van der Waals surface area contributed by atoms with Crippen LogP contribution in [0.2, 0.25) is 0 Å². The van der Waals surface area contributed by atoms with Crippen LogP contribution in [0.4, 0.5) is 26.3 Å². The summed E-state index contributed by atoms with van der Waals surface area (Å²) in [5.74, 6) is -9.97. The van der Waals surface area contributed by atoms with Crippen molar-refractivity contribution in [3.63, 3.8) is 0 Å². The van der Waals surface area contributed by atoms with Gasteiger partial charge in [0.15, 0.2) is 0 Å². The zero-order chi connectivity index (χ0) is 17.2. The molecule has 0 rings (SSSR count). The van der Waals surface area contributed by atoms with E-state index in [0.717, 1.165) is 13.8 Å². The molecule has 0 spiro atoms. The van der Waals surface area contributed by atoms with Crippen molar-refractivity contribution in [2.24, 2.45) is 0 Å². The van der Waals surface area contributed by atoms with Gasteiger partial charge in [0.05, 0.1) is 0 Å². The van der Waals surface area contributed by atoms with E-state index in [4.69, 9.17) is 0 Å². The second-order valence-corrected chi connectivity index (χ2v) is 4.07. The Labute approximate surface area is 115 Å². The Hall–Kier alpha value is -2.00. The van der Waals surface area contributed by atoms with Gasteiger partial charge in [-0.1, -0.05) is 13.2 Å². The van der Waals surface area contributed by atoms with Crippen LogP contribution in [-0.4, -0.2) is 30.0 Å². The summed E-state index contributed by atoms with van der Waals surface area (Å²) < 4.78 is 81.8. The number of carbonyl (C=O) groups is 2. The SMILES string of the molecule is C=C(C)C(=O)NC(F)(F)C(F)(F)C(F)(F)OC(=O)C(=C)C. The van der Waals surface area contributed by atoms with Gasteiger partial charge in [-0.05, 0) is 13.8 Å². The highest BCUT2D eigenvalue weighted by Crippen LogP contribution is 2.45. The smallest absolute Gasteiger partial charge is 0.392 e. The fraction of sp³-hybridized carbons (Fsp3) is 0.455. The lowest BCUT2D eigenvalue weighted by Crippen LogP contribution is -2.63. The van der Waals surface area contributed by atoms with Crippen LogP contribution >= 0.6 is 0 Å². The van der Waals surface area contributed by atoms with Crippen molar-refractivity contribution in [1.82, 2.24) is 5.32 Å². The third-order valence-electron chi connectivity index (χ3n) is 1.99. The molecule has 0 fully saturated rings. The minimum atomic E-state index is -6.20. The zero-order valence-corrected chi connectivity index (χ0v) is 10.9. The lowest BCUT2D eigenvalue weighted by atomic mass is 10.2. The minimum absolute atomic E-state index is 0.389. The van der Waals surface area contributed by atoms with E-state index < -0.39 is 41.1 Å². The monoisotopic (exact) mass is 319 g/mol. The summed E-state index contributed by atoms with van der Waals surface area (Å²) >= 11 is 0.